The van der Waals surface area contributed by atoms with Crippen LogP contribution in [0.15, 0.2) is 36.8 Å². The van der Waals surface area contributed by atoms with Crippen molar-refractivity contribution in [3.05, 3.63) is 42.4 Å². The van der Waals surface area contributed by atoms with E-state index in [4.69, 9.17) is 4.74 Å². The van der Waals surface area contributed by atoms with Crippen LogP contribution >= 0.6 is 0 Å². The lowest BCUT2D eigenvalue weighted by atomic mass is 9.75. The standard InChI is InChI=1S/C16H20N4O3/c1-23-15-4-3-11(9-17-15)16(12-7-13(21)8-12)19-14(22)10-20-6-2-5-18-20/h2-6,9,12-13,16,21H,7-8,10H2,1H3,(H,19,22)/t12?,13?,16-/m1/s1. The topological polar surface area (TPSA) is 89.3 Å². The molecule has 7 nitrogen and oxygen atoms in total. The fourth-order valence-corrected chi connectivity index (χ4v) is 2.83. The van der Waals surface area contributed by atoms with Crippen LogP contribution in [0.1, 0.15) is 24.4 Å². The van der Waals surface area contributed by atoms with Crippen LogP contribution in [0.3, 0.4) is 0 Å². The third-order valence-corrected chi connectivity index (χ3v) is 4.13. The lowest BCUT2D eigenvalue weighted by Gasteiger charge is -2.38. The van der Waals surface area contributed by atoms with E-state index in [0.29, 0.717) is 18.7 Å². The Morgan fingerprint density at radius 1 is 1.52 bits per heavy atom. The van der Waals surface area contributed by atoms with E-state index in [1.165, 1.54) is 0 Å². The van der Waals surface area contributed by atoms with Gasteiger partial charge in [0.2, 0.25) is 11.8 Å². The Morgan fingerprint density at radius 2 is 2.35 bits per heavy atom. The second-order valence-electron chi connectivity index (χ2n) is 5.77. The van der Waals surface area contributed by atoms with E-state index < -0.39 is 0 Å². The Bertz CT molecular complexity index is 636. The summed E-state index contributed by atoms with van der Waals surface area (Å²) in [7, 11) is 1.56. The van der Waals surface area contributed by atoms with Crippen molar-refractivity contribution >= 4 is 5.91 Å². The highest BCUT2D eigenvalue weighted by Crippen LogP contribution is 2.38. The summed E-state index contributed by atoms with van der Waals surface area (Å²) in [6, 6.07) is 5.28. The first-order valence-electron chi connectivity index (χ1n) is 7.60. The Labute approximate surface area is 134 Å². The number of hydrogen-bond acceptors (Lipinski definition) is 5. The minimum Gasteiger partial charge on any atom is -0.481 e. The van der Waals surface area contributed by atoms with Crippen LogP contribution in [0.25, 0.3) is 0 Å². The van der Waals surface area contributed by atoms with E-state index in [0.717, 1.165) is 5.56 Å². The number of carbonyl (C=O) groups is 1. The number of carbonyl (C=O) groups excluding carboxylic acids is 1. The average molecular weight is 316 g/mol. The van der Waals surface area contributed by atoms with Crippen LogP contribution in [0.2, 0.25) is 0 Å². The van der Waals surface area contributed by atoms with E-state index in [2.05, 4.69) is 15.4 Å². The van der Waals surface area contributed by atoms with Gasteiger partial charge in [0, 0.05) is 24.7 Å². The van der Waals surface area contributed by atoms with Gasteiger partial charge in [0.25, 0.3) is 0 Å². The Morgan fingerprint density at radius 3 is 2.91 bits per heavy atom. The maximum atomic E-state index is 12.3. The number of aliphatic hydroxyl groups excluding tert-OH is 1. The number of aromatic nitrogens is 3. The predicted octanol–water partition coefficient (Wildman–Crippen LogP) is 0.915. The molecule has 7 heteroatoms. The predicted molar refractivity (Wildman–Crippen MR) is 82.6 cm³/mol. The number of aliphatic hydroxyl groups is 1. The molecule has 1 aliphatic carbocycles. The fourth-order valence-electron chi connectivity index (χ4n) is 2.83. The summed E-state index contributed by atoms with van der Waals surface area (Å²) >= 11 is 0. The molecule has 0 unspecified atom stereocenters. The summed E-state index contributed by atoms with van der Waals surface area (Å²) in [6.07, 6.45) is 6.17. The highest BCUT2D eigenvalue weighted by Gasteiger charge is 2.35. The molecule has 1 aliphatic rings. The van der Waals surface area contributed by atoms with Crippen molar-refractivity contribution in [1.29, 1.82) is 0 Å². The van der Waals surface area contributed by atoms with E-state index in [9.17, 15) is 9.90 Å². The Balaban J connectivity index is 1.71. The Kier molecular flexibility index (Phi) is 4.57. The maximum absolute atomic E-state index is 12.3. The minimum atomic E-state index is -0.281. The van der Waals surface area contributed by atoms with Gasteiger partial charge in [0.05, 0.1) is 19.3 Å². The van der Waals surface area contributed by atoms with Gasteiger partial charge >= 0.3 is 0 Å². The van der Waals surface area contributed by atoms with Crippen molar-refractivity contribution in [3.63, 3.8) is 0 Å². The molecule has 2 aromatic rings. The smallest absolute Gasteiger partial charge is 0.242 e. The van der Waals surface area contributed by atoms with Crippen LogP contribution in [-0.4, -0.2) is 39.0 Å². The van der Waals surface area contributed by atoms with Gasteiger partial charge in [-0.05, 0) is 30.4 Å². The first-order chi connectivity index (χ1) is 11.2. The molecular formula is C16H20N4O3. The summed E-state index contributed by atoms with van der Waals surface area (Å²) in [6.45, 7) is 0.169. The molecule has 0 radical (unpaired) electrons. The van der Waals surface area contributed by atoms with Crippen molar-refractivity contribution in [2.45, 2.75) is 31.5 Å². The van der Waals surface area contributed by atoms with Crippen molar-refractivity contribution in [2.75, 3.05) is 7.11 Å². The van der Waals surface area contributed by atoms with Crippen molar-refractivity contribution < 1.29 is 14.6 Å². The summed E-state index contributed by atoms with van der Waals surface area (Å²) in [5, 5.41) is 16.7. The number of rotatable bonds is 6. The number of nitrogens with zero attached hydrogens (tertiary/aromatic N) is 3. The monoisotopic (exact) mass is 316 g/mol. The number of hydrogen-bond donors (Lipinski definition) is 2. The fraction of sp³-hybridized carbons (Fsp3) is 0.438. The number of methoxy groups -OCH3 is 1. The quantitative estimate of drug-likeness (QED) is 0.827. The van der Waals surface area contributed by atoms with Gasteiger partial charge in [-0.2, -0.15) is 5.10 Å². The molecule has 1 atom stereocenters. The average Bonchev–Trinajstić information content (AvgIpc) is 3.03. The van der Waals surface area contributed by atoms with E-state index in [1.807, 2.05) is 6.07 Å². The van der Waals surface area contributed by atoms with E-state index >= 15 is 0 Å². The van der Waals surface area contributed by atoms with Crippen molar-refractivity contribution in [1.82, 2.24) is 20.1 Å². The van der Waals surface area contributed by atoms with Gasteiger partial charge < -0.3 is 15.2 Å². The van der Waals surface area contributed by atoms with Crippen LogP contribution < -0.4 is 10.1 Å². The van der Waals surface area contributed by atoms with Crippen LogP contribution in [0, 0.1) is 5.92 Å². The van der Waals surface area contributed by atoms with Gasteiger partial charge in [-0.15, -0.1) is 0 Å². The van der Waals surface area contributed by atoms with Crippen LogP contribution in [-0.2, 0) is 11.3 Å². The molecule has 0 saturated heterocycles. The molecule has 3 rings (SSSR count). The minimum absolute atomic E-state index is 0.115. The summed E-state index contributed by atoms with van der Waals surface area (Å²) < 4.78 is 6.65. The van der Waals surface area contributed by atoms with Gasteiger partial charge in [-0.25, -0.2) is 4.98 Å². The van der Waals surface area contributed by atoms with Gasteiger partial charge in [0.1, 0.15) is 6.54 Å². The molecule has 2 heterocycles. The van der Waals surface area contributed by atoms with E-state index in [-0.39, 0.29) is 30.5 Å². The maximum Gasteiger partial charge on any atom is 0.242 e. The van der Waals surface area contributed by atoms with Gasteiger partial charge in [0.15, 0.2) is 0 Å². The first kappa shape index (κ1) is 15.5. The SMILES string of the molecule is COc1ccc([C@@H](NC(=O)Cn2cccn2)C2CC(O)C2)cn1. The van der Waals surface area contributed by atoms with Gasteiger partial charge in [-0.3, -0.25) is 9.48 Å². The molecule has 1 fully saturated rings. The van der Waals surface area contributed by atoms with Crippen molar-refractivity contribution in [3.8, 4) is 5.88 Å². The molecule has 0 spiro atoms. The molecule has 0 bridgehead atoms. The second kappa shape index (κ2) is 6.78. The Hall–Kier alpha value is -2.41. The van der Waals surface area contributed by atoms with E-state index in [1.54, 1.807) is 42.5 Å². The molecule has 23 heavy (non-hydrogen) atoms. The van der Waals surface area contributed by atoms with Crippen molar-refractivity contribution in [2.24, 2.45) is 5.92 Å². The highest BCUT2D eigenvalue weighted by molar-refractivity contribution is 5.76. The largest absolute Gasteiger partial charge is 0.481 e. The normalized spacial score (nSPS) is 21.3. The molecule has 2 N–H and O–H groups in total. The molecule has 122 valence electrons. The second-order valence-corrected chi connectivity index (χ2v) is 5.77. The number of amides is 1. The first-order valence-corrected chi connectivity index (χ1v) is 7.60. The lowest BCUT2D eigenvalue weighted by molar-refractivity contribution is -0.123. The zero-order valence-corrected chi connectivity index (χ0v) is 12.9. The lowest BCUT2D eigenvalue weighted by Crippen LogP contribution is -2.42. The highest BCUT2D eigenvalue weighted by atomic mass is 16.5. The number of pyridine rings is 1. The molecule has 2 aromatic heterocycles. The molecule has 1 amide bonds. The van der Waals surface area contributed by atoms with Crippen LogP contribution in [0.4, 0.5) is 0 Å². The molecular weight excluding hydrogens is 296 g/mol. The third-order valence-electron chi connectivity index (χ3n) is 4.13. The molecule has 0 aliphatic heterocycles. The molecule has 1 saturated carbocycles. The summed E-state index contributed by atoms with van der Waals surface area (Å²) in [5.74, 6) is 0.627. The van der Waals surface area contributed by atoms with Gasteiger partial charge in [-0.1, -0.05) is 6.07 Å². The third kappa shape index (κ3) is 3.68. The number of ether oxygens (including phenoxy) is 1. The zero-order chi connectivity index (χ0) is 16.2. The summed E-state index contributed by atoms with van der Waals surface area (Å²) in [5.41, 5.74) is 0.913. The zero-order valence-electron chi connectivity index (χ0n) is 12.9. The molecule has 0 aromatic carbocycles. The summed E-state index contributed by atoms with van der Waals surface area (Å²) in [4.78, 5) is 16.5. The van der Waals surface area contributed by atoms with Crippen LogP contribution in [0.5, 0.6) is 5.88 Å². The number of nitrogens with one attached hydrogen (secondary N) is 1.